The number of methoxy groups -OCH3 is 1. The predicted octanol–water partition coefficient (Wildman–Crippen LogP) is 2.64. The van der Waals surface area contributed by atoms with Gasteiger partial charge in [0, 0.05) is 22.9 Å². The van der Waals surface area contributed by atoms with E-state index in [0.29, 0.717) is 10.0 Å². The van der Waals surface area contributed by atoms with Crippen molar-refractivity contribution in [3.63, 3.8) is 0 Å². The van der Waals surface area contributed by atoms with Crippen LogP contribution < -0.4 is 0 Å². The topological polar surface area (TPSA) is 87.3 Å². The molecule has 2 aromatic rings. The van der Waals surface area contributed by atoms with Crippen LogP contribution in [0, 0.1) is 17.0 Å². The first-order chi connectivity index (χ1) is 9.45. The van der Waals surface area contributed by atoms with Crippen molar-refractivity contribution in [1.82, 2.24) is 9.55 Å². The molecule has 0 unspecified atom stereocenters. The van der Waals surface area contributed by atoms with Gasteiger partial charge in [0.15, 0.2) is 0 Å². The highest BCUT2D eigenvalue weighted by Gasteiger charge is 2.23. The number of ether oxygens (including phenoxy) is 1. The molecule has 7 nitrogen and oxygen atoms in total. The van der Waals surface area contributed by atoms with Crippen LogP contribution in [0.25, 0.3) is 5.82 Å². The van der Waals surface area contributed by atoms with E-state index in [-0.39, 0.29) is 17.2 Å². The van der Waals surface area contributed by atoms with Crippen LogP contribution in [0.2, 0.25) is 0 Å². The lowest BCUT2D eigenvalue weighted by Gasteiger charge is -2.08. The summed E-state index contributed by atoms with van der Waals surface area (Å²) in [5.74, 6) is -0.516. The molecule has 0 amide bonds. The molecule has 104 valence electrons. The number of halogens is 1. The van der Waals surface area contributed by atoms with Crippen molar-refractivity contribution >= 4 is 27.6 Å². The lowest BCUT2D eigenvalue weighted by atomic mass is 10.2. The summed E-state index contributed by atoms with van der Waals surface area (Å²) >= 11 is 3.14. The fourth-order valence-corrected chi connectivity index (χ4v) is 2.12. The van der Waals surface area contributed by atoms with Gasteiger partial charge in [0.1, 0.15) is 5.69 Å². The van der Waals surface area contributed by atoms with Crippen LogP contribution >= 0.6 is 15.9 Å². The standard InChI is InChI=1S/C12H10BrN3O4/c1-7-3-4-15(10(7)12(17)20-2)11-9(16(18)19)5-8(13)6-14-11/h3-6H,1-2H3. The van der Waals surface area contributed by atoms with Crippen molar-refractivity contribution in [3.8, 4) is 5.82 Å². The fourth-order valence-electron chi connectivity index (χ4n) is 1.80. The van der Waals surface area contributed by atoms with Crippen molar-refractivity contribution in [2.24, 2.45) is 0 Å². The molecule has 0 fully saturated rings. The minimum atomic E-state index is -0.577. The average Bonchev–Trinajstić information content (AvgIpc) is 2.79. The van der Waals surface area contributed by atoms with E-state index >= 15 is 0 Å². The molecule has 0 radical (unpaired) electrons. The Labute approximate surface area is 122 Å². The number of pyridine rings is 1. The first-order valence-corrected chi connectivity index (χ1v) is 6.31. The zero-order valence-electron chi connectivity index (χ0n) is 10.7. The summed E-state index contributed by atoms with van der Waals surface area (Å²) in [7, 11) is 1.25. The molecule has 2 aromatic heterocycles. The summed E-state index contributed by atoms with van der Waals surface area (Å²) in [6, 6.07) is 3.00. The number of carbonyl (C=O) groups is 1. The Kier molecular flexibility index (Phi) is 3.84. The van der Waals surface area contributed by atoms with Gasteiger partial charge < -0.3 is 4.74 Å². The number of nitro groups is 1. The Morgan fingerprint density at radius 3 is 2.85 bits per heavy atom. The summed E-state index contributed by atoms with van der Waals surface area (Å²) < 4.78 is 6.53. The predicted molar refractivity (Wildman–Crippen MR) is 74.0 cm³/mol. The smallest absolute Gasteiger partial charge is 0.355 e. The summed E-state index contributed by atoms with van der Waals surface area (Å²) in [5.41, 5.74) is 0.654. The molecule has 0 aliphatic rings. The third kappa shape index (κ3) is 2.42. The van der Waals surface area contributed by atoms with Crippen LogP contribution in [-0.4, -0.2) is 27.6 Å². The molecule has 0 bridgehead atoms. The quantitative estimate of drug-likeness (QED) is 0.487. The maximum absolute atomic E-state index is 11.8. The van der Waals surface area contributed by atoms with Gasteiger partial charge in [-0.25, -0.2) is 9.78 Å². The van der Waals surface area contributed by atoms with Gasteiger partial charge in [-0.2, -0.15) is 0 Å². The largest absolute Gasteiger partial charge is 0.464 e. The number of hydrogen-bond donors (Lipinski definition) is 0. The molecule has 2 heterocycles. The summed E-state index contributed by atoms with van der Waals surface area (Å²) in [5, 5.41) is 11.1. The molecule has 20 heavy (non-hydrogen) atoms. The fraction of sp³-hybridized carbons (Fsp3) is 0.167. The van der Waals surface area contributed by atoms with Crippen LogP contribution in [0.1, 0.15) is 16.1 Å². The molecule has 8 heteroatoms. The Morgan fingerprint density at radius 2 is 2.25 bits per heavy atom. The second-order valence-electron chi connectivity index (χ2n) is 3.96. The van der Waals surface area contributed by atoms with E-state index in [0.717, 1.165) is 0 Å². The van der Waals surface area contributed by atoms with E-state index in [9.17, 15) is 14.9 Å². The molecule has 2 rings (SSSR count). The van der Waals surface area contributed by atoms with Gasteiger partial charge in [0.2, 0.25) is 5.82 Å². The highest BCUT2D eigenvalue weighted by atomic mass is 79.9. The highest BCUT2D eigenvalue weighted by Crippen LogP contribution is 2.27. The van der Waals surface area contributed by atoms with Gasteiger partial charge in [0.25, 0.3) is 0 Å². The zero-order chi connectivity index (χ0) is 14.9. The van der Waals surface area contributed by atoms with Gasteiger partial charge in [-0.1, -0.05) is 0 Å². The Bertz CT molecular complexity index is 696. The Hall–Kier alpha value is -2.22. The van der Waals surface area contributed by atoms with Crippen molar-refractivity contribution in [2.75, 3.05) is 7.11 Å². The first-order valence-electron chi connectivity index (χ1n) is 5.52. The SMILES string of the molecule is COC(=O)c1c(C)ccn1-c1ncc(Br)cc1[N+](=O)[O-]. The molecule has 0 atom stereocenters. The van der Waals surface area contributed by atoms with Gasteiger partial charge >= 0.3 is 11.7 Å². The number of hydrogen-bond acceptors (Lipinski definition) is 5. The molecule has 0 saturated carbocycles. The molecule has 0 aliphatic heterocycles. The highest BCUT2D eigenvalue weighted by molar-refractivity contribution is 9.10. The third-order valence-electron chi connectivity index (χ3n) is 2.71. The maximum Gasteiger partial charge on any atom is 0.355 e. The van der Waals surface area contributed by atoms with Gasteiger partial charge in [-0.3, -0.25) is 14.7 Å². The number of carbonyl (C=O) groups excluding carboxylic acids is 1. The Balaban J connectivity index is 2.69. The zero-order valence-corrected chi connectivity index (χ0v) is 12.2. The van der Waals surface area contributed by atoms with Crippen LogP contribution in [0.4, 0.5) is 5.69 Å². The van der Waals surface area contributed by atoms with E-state index in [4.69, 9.17) is 4.74 Å². The second-order valence-corrected chi connectivity index (χ2v) is 4.88. The van der Waals surface area contributed by atoms with E-state index in [1.807, 2.05) is 0 Å². The summed E-state index contributed by atoms with van der Waals surface area (Å²) in [6.07, 6.45) is 2.98. The number of esters is 1. The molecule has 0 N–H and O–H groups in total. The lowest BCUT2D eigenvalue weighted by molar-refractivity contribution is -0.384. The number of nitrogens with zero attached hydrogens (tertiary/aromatic N) is 3. The van der Waals surface area contributed by atoms with E-state index in [1.165, 1.54) is 23.9 Å². The van der Waals surface area contributed by atoms with Crippen molar-refractivity contribution < 1.29 is 14.5 Å². The molecular formula is C12H10BrN3O4. The van der Waals surface area contributed by atoms with E-state index in [2.05, 4.69) is 20.9 Å². The van der Waals surface area contributed by atoms with Crippen LogP contribution in [0.3, 0.4) is 0 Å². The monoisotopic (exact) mass is 339 g/mol. The van der Waals surface area contributed by atoms with Crippen LogP contribution in [0.15, 0.2) is 29.0 Å². The third-order valence-corrected chi connectivity index (χ3v) is 3.14. The van der Waals surface area contributed by atoms with Crippen molar-refractivity contribution in [3.05, 3.63) is 50.4 Å². The average molecular weight is 340 g/mol. The Morgan fingerprint density at radius 1 is 1.55 bits per heavy atom. The molecule has 0 spiro atoms. The van der Waals surface area contributed by atoms with Gasteiger partial charge in [-0.15, -0.1) is 0 Å². The number of aromatic nitrogens is 2. The minimum absolute atomic E-state index is 0.0618. The maximum atomic E-state index is 11.8. The van der Waals surface area contributed by atoms with E-state index in [1.54, 1.807) is 19.2 Å². The van der Waals surface area contributed by atoms with Crippen molar-refractivity contribution in [1.29, 1.82) is 0 Å². The van der Waals surface area contributed by atoms with E-state index < -0.39 is 10.9 Å². The molecule has 0 aliphatic carbocycles. The second kappa shape index (κ2) is 5.41. The molecule has 0 aromatic carbocycles. The lowest BCUT2D eigenvalue weighted by Crippen LogP contribution is -2.12. The molecule has 0 saturated heterocycles. The van der Waals surface area contributed by atoms with Crippen LogP contribution in [-0.2, 0) is 4.74 Å². The van der Waals surface area contributed by atoms with Gasteiger partial charge in [0.05, 0.1) is 12.0 Å². The normalized spacial score (nSPS) is 10.3. The van der Waals surface area contributed by atoms with Gasteiger partial charge in [-0.05, 0) is 34.5 Å². The number of rotatable bonds is 3. The molecular weight excluding hydrogens is 330 g/mol. The first kappa shape index (κ1) is 14.2. The summed E-state index contributed by atoms with van der Waals surface area (Å²) in [6.45, 7) is 1.72. The van der Waals surface area contributed by atoms with Crippen molar-refractivity contribution in [2.45, 2.75) is 6.92 Å². The summed E-state index contributed by atoms with van der Waals surface area (Å²) in [4.78, 5) is 26.4. The number of aryl methyl sites for hydroxylation is 1. The van der Waals surface area contributed by atoms with Crippen LogP contribution in [0.5, 0.6) is 0 Å². The minimum Gasteiger partial charge on any atom is -0.464 e.